The number of carboxylic acids is 1. The van der Waals surface area contributed by atoms with Crippen molar-refractivity contribution in [1.82, 2.24) is 20.5 Å². The third-order valence-corrected chi connectivity index (χ3v) is 2.50. The molecule has 0 saturated carbocycles. The maximum atomic E-state index is 11.6. The summed E-state index contributed by atoms with van der Waals surface area (Å²) in [7, 11) is 0. The molecule has 7 nitrogen and oxygen atoms in total. The van der Waals surface area contributed by atoms with Gasteiger partial charge in [0.2, 0.25) is 5.82 Å². The number of rotatable bonds is 4. The number of aromatic nitrogens is 3. The van der Waals surface area contributed by atoms with Crippen LogP contribution in [0.15, 0.2) is 12.4 Å². The van der Waals surface area contributed by atoms with Crippen molar-refractivity contribution in [3.8, 4) is 0 Å². The first-order valence-electron chi connectivity index (χ1n) is 5.47. The van der Waals surface area contributed by atoms with Gasteiger partial charge in [-0.15, -0.1) is 5.10 Å². The second kappa shape index (κ2) is 5.52. The molecule has 0 saturated heterocycles. The average Bonchev–Trinajstić information content (AvgIpc) is 2.28. The Bertz CT molecular complexity index is 428. The molecule has 0 aliphatic carbocycles. The predicted molar refractivity (Wildman–Crippen MR) is 62.7 cm³/mol. The first kappa shape index (κ1) is 14.0. The van der Waals surface area contributed by atoms with E-state index in [9.17, 15) is 9.59 Å². The van der Waals surface area contributed by atoms with Crippen LogP contribution in [-0.2, 0) is 4.79 Å². The number of hydrogen-bond acceptors (Lipinski definition) is 5. The van der Waals surface area contributed by atoms with Crippen molar-refractivity contribution in [2.75, 3.05) is 6.54 Å². The summed E-state index contributed by atoms with van der Waals surface area (Å²) in [6.45, 7) is 5.44. The number of nitrogens with zero attached hydrogens (tertiary/aromatic N) is 3. The molecule has 1 atom stereocenters. The third kappa shape index (κ3) is 3.76. The number of hydrogen-bond donors (Lipinski definition) is 2. The van der Waals surface area contributed by atoms with E-state index in [2.05, 4.69) is 20.5 Å². The van der Waals surface area contributed by atoms with Crippen molar-refractivity contribution >= 4 is 11.9 Å². The molecule has 0 aliphatic rings. The minimum absolute atomic E-state index is 0.0237. The Hall–Kier alpha value is -2.05. The van der Waals surface area contributed by atoms with Gasteiger partial charge in [0, 0.05) is 12.7 Å². The van der Waals surface area contributed by atoms with E-state index in [1.807, 2.05) is 0 Å². The highest BCUT2D eigenvalue weighted by Gasteiger charge is 2.31. The molecule has 0 spiro atoms. The summed E-state index contributed by atoms with van der Waals surface area (Å²) in [5, 5.41) is 18.7. The highest BCUT2D eigenvalue weighted by Crippen LogP contribution is 2.25. The number of carbonyl (C=O) groups is 2. The molecule has 1 aromatic heterocycles. The third-order valence-electron chi connectivity index (χ3n) is 2.50. The summed E-state index contributed by atoms with van der Waals surface area (Å²) in [6, 6.07) is 0. The van der Waals surface area contributed by atoms with Crippen LogP contribution < -0.4 is 5.32 Å². The zero-order valence-corrected chi connectivity index (χ0v) is 10.5. The highest BCUT2D eigenvalue weighted by molar-refractivity contribution is 5.90. The Kier molecular flexibility index (Phi) is 4.30. The lowest BCUT2D eigenvalue weighted by Gasteiger charge is -2.26. The molecule has 1 heterocycles. The Morgan fingerprint density at radius 3 is 2.50 bits per heavy atom. The van der Waals surface area contributed by atoms with Crippen LogP contribution >= 0.6 is 0 Å². The molecule has 1 unspecified atom stereocenters. The van der Waals surface area contributed by atoms with Gasteiger partial charge in [0.05, 0.1) is 12.1 Å². The minimum Gasteiger partial charge on any atom is -0.481 e. The lowest BCUT2D eigenvalue weighted by molar-refractivity contribution is -0.145. The number of carboxylic acid groups (broad SMARTS) is 1. The summed E-state index contributed by atoms with van der Waals surface area (Å²) in [5.41, 5.74) is -0.449. The molecule has 0 fully saturated rings. The predicted octanol–water partition coefficient (Wildman–Crippen LogP) is 0.348. The van der Waals surface area contributed by atoms with Gasteiger partial charge in [-0.1, -0.05) is 20.8 Å². The van der Waals surface area contributed by atoms with Gasteiger partial charge in [0.25, 0.3) is 5.91 Å². The molecule has 1 aromatic rings. The summed E-state index contributed by atoms with van der Waals surface area (Å²) < 4.78 is 0. The largest absolute Gasteiger partial charge is 0.481 e. The Labute approximate surface area is 105 Å². The second-order valence-corrected chi connectivity index (χ2v) is 4.93. The molecular formula is C11H16N4O3. The second-order valence-electron chi connectivity index (χ2n) is 4.93. The van der Waals surface area contributed by atoms with Crippen LogP contribution in [0, 0.1) is 11.3 Å². The monoisotopic (exact) mass is 252 g/mol. The fraction of sp³-hybridized carbons (Fsp3) is 0.545. The lowest BCUT2D eigenvalue weighted by atomic mass is 9.81. The zero-order valence-electron chi connectivity index (χ0n) is 10.5. The van der Waals surface area contributed by atoms with Crippen LogP contribution in [0.1, 0.15) is 31.4 Å². The van der Waals surface area contributed by atoms with Crippen molar-refractivity contribution in [3.63, 3.8) is 0 Å². The topological polar surface area (TPSA) is 105 Å². The van der Waals surface area contributed by atoms with Crippen molar-refractivity contribution in [2.45, 2.75) is 20.8 Å². The van der Waals surface area contributed by atoms with Crippen molar-refractivity contribution < 1.29 is 14.7 Å². The summed E-state index contributed by atoms with van der Waals surface area (Å²) in [5.74, 6) is -2.23. The number of nitrogens with one attached hydrogen (secondary N) is 1. The molecular weight excluding hydrogens is 236 g/mol. The lowest BCUT2D eigenvalue weighted by Crippen LogP contribution is -2.40. The Balaban J connectivity index is 2.64. The molecule has 0 aliphatic heterocycles. The normalized spacial score (nSPS) is 12.8. The molecule has 1 amide bonds. The van der Waals surface area contributed by atoms with Gasteiger partial charge >= 0.3 is 5.97 Å². The molecule has 1 rings (SSSR count). The van der Waals surface area contributed by atoms with Crippen LogP contribution in [0.4, 0.5) is 0 Å². The number of aliphatic carboxylic acids is 1. The smallest absolute Gasteiger partial charge is 0.308 e. The van der Waals surface area contributed by atoms with Crippen LogP contribution in [0.2, 0.25) is 0 Å². The van der Waals surface area contributed by atoms with E-state index in [-0.39, 0.29) is 12.4 Å². The van der Waals surface area contributed by atoms with E-state index in [1.54, 1.807) is 20.8 Å². The fourth-order valence-corrected chi connectivity index (χ4v) is 1.39. The van der Waals surface area contributed by atoms with Crippen molar-refractivity contribution in [1.29, 1.82) is 0 Å². The van der Waals surface area contributed by atoms with E-state index in [0.717, 1.165) is 0 Å². The van der Waals surface area contributed by atoms with Crippen LogP contribution in [-0.4, -0.2) is 38.7 Å². The van der Waals surface area contributed by atoms with Gasteiger partial charge in [-0.3, -0.25) is 9.59 Å². The van der Waals surface area contributed by atoms with E-state index in [4.69, 9.17) is 5.11 Å². The molecule has 0 bridgehead atoms. The summed E-state index contributed by atoms with van der Waals surface area (Å²) in [4.78, 5) is 26.5. The average molecular weight is 252 g/mol. The Morgan fingerprint density at radius 2 is 2.06 bits per heavy atom. The van der Waals surface area contributed by atoms with E-state index >= 15 is 0 Å². The van der Waals surface area contributed by atoms with Gasteiger partial charge < -0.3 is 10.4 Å². The van der Waals surface area contributed by atoms with E-state index in [1.165, 1.54) is 12.4 Å². The van der Waals surface area contributed by atoms with Crippen LogP contribution in [0.25, 0.3) is 0 Å². The minimum atomic E-state index is -0.949. The molecule has 2 N–H and O–H groups in total. The number of carbonyl (C=O) groups excluding carboxylic acids is 1. The van der Waals surface area contributed by atoms with Gasteiger partial charge in [0.1, 0.15) is 0 Å². The van der Waals surface area contributed by atoms with Gasteiger partial charge in [-0.05, 0) is 5.41 Å². The summed E-state index contributed by atoms with van der Waals surface area (Å²) >= 11 is 0. The van der Waals surface area contributed by atoms with E-state index in [0.29, 0.717) is 0 Å². The standard InChI is InChI=1S/C11H16N4O3/c1-11(2,3)7(10(17)18)6-13-9(16)8-12-4-5-14-15-8/h4-5,7H,6H2,1-3H3,(H,13,16)(H,17,18). The molecule has 7 heteroatoms. The molecule has 18 heavy (non-hydrogen) atoms. The quantitative estimate of drug-likeness (QED) is 0.801. The fourth-order valence-electron chi connectivity index (χ4n) is 1.39. The Morgan fingerprint density at radius 1 is 1.39 bits per heavy atom. The first-order valence-corrected chi connectivity index (χ1v) is 5.47. The molecule has 0 aromatic carbocycles. The van der Waals surface area contributed by atoms with E-state index < -0.39 is 23.2 Å². The van der Waals surface area contributed by atoms with Crippen LogP contribution in [0.3, 0.4) is 0 Å². The highest BCUT2D eigenvalue weighted by atomic mass is 16.4. The maximum absolute atomic E-state index is 11.6. The zero-order chi connectivity index (χ0) is 13.8. The van der Waals surface area contributed by atoms with Crippen molar-refractivity contribution in [2.24, 2.45) is 11.3 Å². The molecule has 98 valence electrons. The maximum Gasteiger partial charge on any atom is 0.308 e. The van der Waals surface area contributed by atoms with Crippen molar-refractivity contribution in [3.05, 3.63) is 18.2 Å². The summed E-state index contributed by atoms with van der Waals surface area (Å²) in [6.07, 6.45) is 2.70. The van der Waals surface area contributed by atoms with Crippen LogP contribution in [0.5, 0.6) is 0 Å². The number of amides is 1. The van der Waals surface area contributed by atoms with Gasteiger partial charge in [0.15, 0.2) is 0 Å². The SMILES string of the molecule is CC(C)(C)C(CNC(=O)c1nccnn1)C(=O)O. The van der Waals surface area contributed by atoms with Gasteiger partial charge in [-0.2, -0.15) is 5.10 Å². The molecule has 0 radical (unpaired) electrons. The van der Waals surface area contributed by atoms with Gasteiger partial charge in [-0.25, -0.2) is 4.98 Å². The first-order chi connectivity index (χ1) is 8.32.